The Morgan fingerprint density at radius 1 is 1.13 bits per heavy atom. The number of rotatable bonds is 3. The topological polar surface area (TPSA) is 98.2 Å². The molecule has 0 radical (unpaired) electrons. The van der Waals surface area contributed by atoms with E-state index in [1.54, 1.807) is 13.8 Å². The molecule has 0 saturated carbocycles. The van der Waals surface area contributed by atoms with E-state index in [1.807, 2.05) is 20.8 Å². The third-order valence-electron chi connectivity index (χ3n) is 2.27. The number of carbonyl (C=O) groups is 2. The Morgan fingerprint density at radius 3 is 1.80 bits per heavy atom. The van der Waals surface area contributed by atoms with Crippen LogP contribution in [-0.2, 0) is 9.59 Å². The molecule has 0 aromatic carbocycles. The van der Waals surface area contributed by atoms with Crippen molar-refractivity contribution in [1.29, 1.82) is 0 Å². The van der Waals surface area contributed by atoms with Gasteiger partial charge in [0.2, 0.25) is 11.8 Å². The molecule has 0 aromatic rings. The summed E-state index contributed by atoms with van der Waals surface area (Å²) in [4.78, 5) is 22.7. The monoisotopic (exact) mass is 215 g/mol. The Kier molecular flexibility index (Phi) is 3.88. The second-order valence-corrected chi connectivity index (χ2v) is 5.32. The van der Waals surface area contributed by atoms with E-state index in [0.29, 0.717) is 0 Å². The van der Waals surface area contributed by atoms with Crippen LogP contribution in [0.5, 0.6) is 0 Å². The quantitative estimate of drug-likeness (QED) is 0.605. The highest BCUT2D eigenvalue weighted by Gasteiger charge is 2.33. The van der Waals surface area contributed by atoms with Gasteiger partial charge in [-0.25, -0.2) is 0 Å². The summed E-state index contributed by atoms with van der Waals surface area (Å²) in [6, 6.07) is -0.670. The van der Waals surface area contributed by atoms with E-state index in [0.717, 1.165) is 0 Å². The molecule has 0 rings (SSSR count). The Balaban J connectivity index is 4.58. The van der Waals surface area contributed by atoms with E-state index in [-0.39, 0.29) is 11.3 Å². The molecule has 1 atom stereocenters. The summed E-state index contributed by atoms with van der Waals surface area (Å²) in [6.45, 7) is 8.66. The van der Waals surface area contributed by atoms with Crippen molar-refractivity contribution in [2.24, 2.45) is 16.9 Å². The number of carbonyl (C=O) groups excluding carboxylic acids is 2. The molecule has 5 nitrogen and oxygen atoms in total. The molecule has 0 spiro atoms. The molecule has 0 aliphatic heterocycles. The fraction of sp³-hybridized carbons (Fsp3) is 0.800. The van der Waals surface area contributed by atoms with Gasteiger partial charge in [0, 0.05) is 0 Å². The molecular formula is C10H21N3O2. The lowest BCUT2D eigenvalue weighted by atomic mass is 9.86. The van der Waals surface area contributed by atoms with Crippen LogP contribution in [0.25, 0.3) is 0 Å². The number of primary amides is 1. The Bertz CT molecular complexity index is 266. The third kappa shape index (κ3) is 3.87. The highest BCUT2D eigenvalue weighted by atomic mass is 16.2. The van der Waals surface area contributed by atoms with Gasteiger partial charge in [0.1, 0.15) is 5.54 Å². The molecule has 5 heteroatoms. The highest BCUT2D eigenvalue weighted by Crippen LogP contribution is 2.18. The number of nitrogens with two attached hydrogens (primary N) is 2. The largest absolute Gasteiger partial charge is 0.368 e. The number of hydrogen-bond acceptors (Lipinski definition) is 3. The first-order valence-corrected chi connectivity index (χ1v) is 4.86. The van der Waals surface area contributed by atoms with Crippen LogP contribution in [0.1, 0.15) is 34.6 Å². The van der Waals surface area contributed by atoms with E-state index in [1.165, 1.54) is 0 Å². The molecule has 0 bridgehead atoms. The lowest BCUT2D eigenvalue weighted by Gasteiger charge is -2.30. The standard InChI is InChI=1S/C10H21N3O2/c1-9(2,3)6(11)7(14)13-10(4,5)8(12)15/h6H,11H2,1-5H3,(H2,12,15)(H,13,14)/t6-/m1/s1. The van der Waals surface area contributed by atoms with Crippen molar-refractivity contribution in [3.05, 3.63) is 0 Å². The molecule has 2 amide bonds. The summed E-state index contributed by atoms with van der Waals surface area (Å²) in [5.41, 5.74) is 9.45. The van der Waals surface area contributed by atoms with E-state index in [9.17, 15) is 9.59 Å². The van der Waals surface area contributed by atoms with Gasteiger partial charge in [-0.3, -0.25) is 9.59 Å². The van der Waals surface area contributed by atoms with Gasteiger partial charge in [-0.05, 0) is 19.3 Å². The number of nitrogens with one attached hydrogen (secondary N) is 1. The fourth-order valence-electron chi connectivity index (χ4n) is 0.841. The SMILES string of the molecule is CC(C)(NC(=O)[C@@H](N)C(C)(C)C)C(N)=O. The first kappa shape index (κ1) is 13.9. The van der Waals surface area contributed by atoms with Crippen LogP contribution >= 0.6 is 0 Å². The van der Waals surface area contributed by atoms with Crippen molar-refractivity contribution in [2.45, 2.75) is 46.2 Å². The predicted octanol–water partition coefficient (Wildman–Crippen LogP) is -0.260. The predicted molar refractivity (Wildman–Crippen MR) is 58.8 cm³/mol. The first-order valence-electron chi connectivity index (χ1n) is 4.86. The smallest absolute Gasteiger partial charge is 0.242 e. The summed E-state index contributed by atoms with van der Waals surface area (Å²) in [6.07, 6.45) is 0. The van der Waals surface area contributed by atoms with E-state index < -0.39 is 17.5 Å². The molecule has 0 saturated heterocycles. The molecule has 0 heterocycles. The van der Waals surface area contributed by atoms with Gasteiger partial charge in [0.05, 0.1) is 6.04 Å². The minimum absolute atomic E-state index is 0.349. The molecular weight excluding hydrogens is 194 g/mol. The van der Waals surface area contributed by atoms with Crippen molar-refractivity contribution in [3.8, 4) is 0 Å². The van der Waals surface area contributed by atoms with Gasteiger partial charge in [-0.2, -0.15) is 0 Å². The van der Waals surface area contributed by atoms with Gasteiger partial charge in [-0.15, -0.1) is 0 Å². The Hall–Kier alpha value is -1.10. The maximum absolute atomic E-state index is 11.7. The Morgan fingerprint density at radius 2 is 1.53 bits per heavy atom. The average Bonchev–Trinajstić information content (AvgIpc) is 2.00. The molecule has 15 heavy (non-hydrogen) atoms. The van der Waals surface area contributed by atoms with Crippen LogP contribution in [0.4, 0.5) is 0 Å². The lowest BCUT2D eigenvalue weighted by molar-refractivity contribution is -0.132. The molecule has 88 valence electrons. The molecule has 0 aliphatic carbocycles. The lowest BCUT2D eigenvalue weighted by Crippen LogP contribution is -2.59. The van der Waals surface area contributed by atoms with Crippen LogP contribution < -0.4 is 16.8 Å². The summed E-state index contributed by atoms with van der Waals surface area (Å²) in [5.74, 6) is -0.955. The summed E-state index contributed by atoms with van der Waals surface area (Å²) < 4.78 is 0. The zero-order valence-corrected chi connectivity index (χ0v) is 10.0. The third-order valence-corrected chi connectivity index (χ3v) is 2.27. The second-order valence-electron chi connectivity index (χ2n) is 5.32. The minimum Gasteiger partial charge on any atom is -0.368 e. The van der Waals surface area contributed by atoms with Crippen molar-refractivity contribution < 1.29 is 9.59 Å². The number of amides is 2. The fourth-order valence-corrected chi connectivity index (χ4v) is 0.841. The van der Waals surface area contributed by atoms with Crippen LogP contribution in [-0.4, -0.2) is 23.4 Å². The molecule has 0 aromatic heterocycles. The van der Waals surface area contributed by atoms with Gasteiger partial charge in [0.25, 0.3) is 0 Å². The van der Waals surface area contributed by atoms with E-state index in [2.05, 4.69) is 5.32 Å². The van der Waals surface area contributed by atoms with Gasteiger partial charge in [-0.1, -0.05) is 20.8 Å². The normalized spacial score (nSPS) is 14.5. The summed E-state index contributed by atoms with van der Waals surface area (Å²) >= 11 is 0. The molecule has 0 unspecified atom stereocenters. The van der Waals surface area contributed by atoms with E-state index >= 15 is 0 Å². The van der Waals surface area contributed by atoms with Crippen molar-refractivity contribution in [1.82, 2.24) is 5.32 Å². The summed E-state index contributed by atoms with van der Waals surface area (Å²) in [7, 11) is 0. The van der Waals surface area contributed by atoms with Gasteiger partial charge >= 0.3 is 0 Å². The first-order chi connectivity index (χ1) is 6.48. The maximum Gasteiger partial charge on any atom is 0.242 e. The molecule has 0 aliphatic rings. The van der Waals surface area contributed by atoms with Crippen molar-refractivity contribution >= 4 is 11.8 Å². The Labute approximate surface area is 90.6 Å². The van der Waals surface area contributed by atoms with E-state index in [4.69, 9.17) is 11.5 Å². The van der Waals surface area contributed by atoms with Crippen molar-refractivity contribution in [2.75, 3.05) is 0 Å². The highest BCUT2D eigenvalue weighted by molar-refractivity contribution is 5.91. The number of hydrogen-bond donors (Lipinski definition) is 3. The average molecular weight is 215 g/mol. The van der Waals surface area contributed by atoms with Gasteiger partial charge < -0.3 is 16.8 Å². The van der Waals surface area contributed by atoms with Crippen LogP contribution in [0.2, 0.25) is 0 Å². The minimum atomic E-state index is -1.07. The van der Waals surface area contributed by atoms with Crippen LogP contribution in [0.3, 0.4) is 0 Å². The van der Waals surface area contributed by atoms with Crippen molar-refractivity contribution in [3.63, 3.8) is 0 Å². The zero-order valence-electron chi connectivity index (χ0n) is 10.0. The van der Waals surface area contributed by atoms with Crippen LogP contribution in [0, 0.1) is 5.41 Å². The second kappa shape index (κ2) is 4.18. The van der Waals surface area contributed by atoms with Gasteiger partial charge in [0.15, 0.2) is 0 Å². The van der Waals surface area contributed by atoms with Crippen LogP contribution in [0.15, 0.2) is 0 Å². The zero-order chi connectivity index (χ0) is 12.4. The summed E-state index contributed by atoms with van der Waals surface area (Å²) in [5, 5.41) is 2.52. The molecule has 0 fully saturated rings. The molecule has 5 N–H and O–H groups in total. The maximum atomic E-state index is 11.7.